The molecule has 1 N–H and O–H groups in total. The number of rotatable bonds is 4. The summed E-state index contributed by atoms with van der Waals surface area (Å²) >= 11 is 1.47. The Morgan fingerprint density at radius 1 is 1.25 bits per heavy atom. The summed E-state index contributed by atoms with van der Waals surface area (Å²) < 4.78 is 0. The summed E-state index contributed by atoms with van der Waals surface area (Å²) in [4.78, 5) is 11.5. The van der Waals surface area contributed by atoms with Gasteiger partial charge in [-0.1, -0.05) is 53.8 Å². The van der Waals surface area contributed by atoms with Crippen molar-refractivity contribution < 1.29 is 4.79 Å². The molecular formula is C15H13N3OS. The minimum absolute atomic E-state index is 0.116. The molecule has 0 radical (unpaired) electrons. The van der Waals surface area contributed by atoms with Crippen LogP contribution in [0, 0.1) is 5.92 Å². The number of benzene rings is 1. The monoisotopic (exact) mass is 283 g/mol. The highest BCUT2D eigenvalue weighted by Crippen LogP contribution is 2.29. The number of nitrogens with zero attached hydrogens (tertiary/aromatic N) is 2. The molecule has 0 saturated heterocycles. The first kappa shape index (κ1) is 12.7. The normalized spacial score (nSPS) is 17.1. The van der Waals surface area contributed by atoms with Crippen LogP contribution in [0.15, 0.2) is 54.3 Å². The molecular weight excluding hydrogens is 270 g/mol. The molecule has 0 fully saturated rings. The maximum Gasteiger partial charge on any atom is 0.210 e. The first-order valence-electron chi connectivity index (χ1n) is 6.29. The van der Waals surface area contributed by atoms with Gasteiger partial charge in [0, 0.05) is 11.3 Å². The average molecular weight is 283 g/mol. The molecule has 0 saturated carbocycles. The second-order valence-corrected chi connectivity index (χ2v) is 5.48. The van der Waals surface area contributed by atoms with Gasteiger partial charge in [0.15, 0.2) is 0 Å². The van der Waals surface area contributed by atoms with Crippen molar-refractivity contribution in [2.24, 2.45) is 5.92 Å². The Morgan fingerprint density at radius 2 is 2.05 bits per heavy atom. The fourth-order valence-electron chi connectivity index (χ4n) is 2.05. The molecule has 1 aliphatic rings. The van der Waals surface area contributed by atoms with Crippen LogP contribution in [0.2, 0.25) is 0 Å². The van der Waals surface area contributed by atoms with Crippen molar-refractivity contribution in [2.45, 2.75) is 6.92 Å². The highest BCUT2D eigenvalue weighted by atomic mass is 32.1. The van der Waals surface area contributed by atoms with Gasteiger partial charge in [-0.25, -0.2) is 0 Å². The van der Waals surface area contributed by atoms with Crippen LogP contribution in [0.25, 0.3) is 10.6 Å². The van der Waals surface area contributed by atoms with Crippen LogP contribution in [-0.4, -0.2) is 16.0 Å². The summed E-state index contributed by atoms with van der Waals surface area (Å²) in [6.45, 7) is 1.59. The van der Waals surface area contributed by atoms with Gasteiger partial charge in [-0.15, -0.1) is 10.2 Å². The number of nitrogens with one attached hydrogen (secondary N) is 1. The van der Waals surface area contributed by atoms with Crippen molar-refractivity contribution in [3.8, 4) is 10.6 Å². The van der Waals surface area contributed by atoms with Gasteiger partial charge >= 0.3 is 0 Å². The molecule has 0 aliphatic heterocycles. The molecule has 1 aromatic carbocycles. The van der Waals surface area contributed by atoms with E-state index < -0.39 is 0 Å². The van der Waals surface area contributed by atoms with E-state index in [2.05, 4.69) is 15.5 Å². The third-order valence-electron chi connectivity index (χ3n) is 3.05. The van der Waals surface area contributed by atoms with Crippen LogP contribution in [0.5, 0.6) is 0 Å². The third kappa shape index (κ3) is 2.53. The fourth-order valence-corrected chi connectivity index (χ4v) is 2.82. The van der Waals surface area contributed by atoms with E-state index in [0.717, 1.165) is 16.3 Å². The van der Waals surface area contributed by atoms with E-state index in [-0.39, 0.29) is 11.7 Å². The summed E-state index contributed by atoms with van der Waals surface area (Å²) in [5.41, 5.74) is 1.90. The Balaban J connectivity index is 1.77. The van der Waals surface area contributed by atoms with Crippen molar-refractivity contribution in [1.29, 1.82) is 0 Å². The highest BCUT2D eigenvalue weighted by molar-refractivity contribution is 7.18. The summed E-state index contributed by atoms with van der Waals surface area (Å²) in [7, 11) is 0. The first-order valence-corrected chi connectivity index (χ1v) is 7.10. The zero-order valence-electron chi connectivity index (χ0n) is 10.9. The van der Waals surface area contributed by atoms with Gasteiger partial charge in [0.05, 0.1) is 5.92 Å². The van der Waals surface area contributed by atoms with Crippen molar-refractivity contribution in [3.05, 3.63) is 54.3 Å². The second-order valence-electron chi connectivity index (χ2n) is 4.50. The van der Waals surface area contributed by atoms with Crippen LogP contribution in [0.3, 0.4) is 0 Å². The topological polar surface area (TPSA) is 54.9 Å². The van der Waals surface area contributed by atoms with E-state index >= 15 is 0 Å². The number of carbonyl (C=O) groups is 1. The Hall–Kier alpha value is -2.27. The van der Waals surface area contributed by atoms with E-state index in [9.17, 15) is 4.79 Å². The van der Waals surface area contributed by atoms with Crippen LogP contribution < -0.4 is 5.32 Å². The maximum absolute atomic E-state index is 11.5. The minimum Gasteiger partial charge on any atom is -0.333 e. The van der Waals surface area contributed by atoms with E-state index in [1.807, 2.05) is 48.6 Å². The number of hydrogen-bond acceptors (Lipinski definition) is 5. The van der Waals surface area contributed by atoms with Gasteiger partial charge in [0.2, 0.25) is 5.13 Å². The minimum atomic E-state index is -0.195. The first-order chi connectivity index (χ1) is 9.74. The van der Waals surface area contributed by atoms with Gasteiger partial charge in [0.25, 0.3) is 0 Å². The Bertz CT molecular complexity index is 688. The van der Waals surface area contributed by atoms with Crippen LogP contribution in [0.1, 0.15) is 6.92 Å². The maximum atomic E-state index is 11.5. The summed E-state index contributed by atoms with van der Waals surface area (Å²) in [6.07, 6.45) is 5.66. The number of ketones is 1. The molecule has 0 spiro atoms. The number of carbonyl (C=O) groups excluding carboxylic acids is 1. The molecule has 0 amide bonds. The Morgan fingerprint density at radius 3 is 2.80 bits per heavy atom. The van der Waals surface area contributed by atoms with Gasteiger partial charge < -0.3 is 5.32 Å². The SMILES string of the molecule is CC(=O)C1C=CC=C1Nc1nnc(-c2ccccc2)s1. The largest absolute Gasteiger partial charge is 0.333 e. The van der Waals surface area contributed by atoms with Crippen molar-refractivity contribution in [2.75, 3.05) is 5.32 Å². The Kier molecular flexibility index (Phi) is 3.43. The van der Waals surface area contributed by atoms with E-state index in [1.165, 1.54) is 11.3 Å². The van der Waals surface area contributed by atoms with E-state index in [4.69, 9.17) is 0 Å². The number of allylic oxidation sites excluding steroid dienone is 3. The predicted octanol–water partition coefficient (Wildman–Crippen LogP) is 3.28. The average Bonchev–Trinajstić information content (AvgIpc) is 3.09. The third-order valence-corrected chi connectivity index (χ3v) is 3.94. The smallest absolute Gasteiger partial charge is 0.210 e. The van der Waals surface area contributed by atoms with E-state index in [1.54, 1.807) is 6.92 Å². The predicted molar refractivity (Wildman–Crippen MR) is 80.4 cm³/mol. The molecule has 1 aliphatic carbocycles. The van der Waals surface area contributed by atoms with Crippen LogP contribution in [-0.2, 0) is 4.79 Å². The molecule has 1 aromatic heterocycles. The lowest BCUT2D eigenvalue weighted by molar-refractivity contribution is -0.118. The lowest BCUT2D eigenvalue weighted by Gasteiger charge is -2.10. The zero-order chi connectivity index (χ0) is 13.9. The Labute approximate surface area is 120 Å². The molecule has 0 bridgehead atoms. The van der Waals surface area contributed by atoms with Crippen LogP contribution >= 0.6 is 11.3 Å². The summed E-state index contributed by atoms with van der Waals surface area (Å²) in [5.74, 6) is -0.0793. The van der Waals surface area contributed by atoms with Crippen LogP contribution in [0.4, 0.5) is 5.13 Å². The standard InChI is InChI=1S/C15H13N3OS/c1-10(19)12-8-5-9-13(12)16-15-18-17-14(20-15)11-6-3-2-4-7-11/h2-9,12H,1H3,(H,16,18). The lowest BCUT2D eigenvalue weighted by atomic mass is 10.1. The van der Waals surface area contributed by atoms with Crippen molar-refractivity contribution in [1.82, 2.24) is 10.2 Å². The molecule has 1 atom stereocenters. The van der Waals surface area contributed by atoms with Gasteiger partial charge in [-0.05, 0) is 13.0 Å². The highest BCUT2D eigenvalue weighted by Gasteiger charge is 2.20. The molecule has 4 nitrogen and oxygen atoms in total. The molecule has 5 heteroatoms. The molecule has 100 valence electrons. The van der Waals surface area contributed by atoms with E-state index in [0.29, 0.717) is 5.13 Å². The lowest BCUT2D eigenvalue weighted by Crippen LogP contribution is -2.14. The zero-order valence-corrected chi connectivity index (χ0v) is 11.7. The van der Waals surface area contributed by atoms with Crippen molar-refractivity contribution >= 4 is 22.3 Å². The molecule has 2 aromatic rings. The molecule has 20 heavy (non-hydrogen) atoms. The molecule has 1 unspecified atom stereocenters. The van der Waals surface area contributed by atoms with Gasteiger partial charge in [0.1, 0.15) is 10.8 Å². The molecule has 3 rings (SSSR count). The number of hydrogen-bond donors (Lipinski definition) is 1. The number of Topliss-reactive ketones (excluding diaryl/α,β-unsaturated/α-hetero) is 1. The number of aromatic nitrogens is 2. The summed E-state index contributed by atoms with van der Waals surface area (Å²) in [5, 5.41) is 13.0. The molecule has 1 heterocycles. The van der Waals surface area contributed by atoms with Gasteiger partial charge in [-0.2, -0.15) is 0 Å². The number of anilines is 1. The van der Waals surface area contributed by atoms with Crippen molar-refractivity contribution in [3.63, 3.8) is 0 Å². The fraction of sp³-hybridized carbons (Fsp3) is 0.133. The second kappa shape index (κ2) is 5.38. The summed E-state index contributed by atoms with van der Waals surface area (Å²) in [6, 6.07) is 9.91. The van der Waals surface area contributed by atoms with Gasteiger partial charge in [-0.3, -0.25) is 4.79 Å². The quantitative estimate of drug-likeness (QED) is 0.935.